The zero-order valence-corrected chi connectivity index (χ0v) is 20.8. The van der Waals surface area contributed by atoms with E-state index >= 15 is 0 Å². The Morgan fingerprint density at radius 3 is 2.42 bits per heavy atom. The predicted molar refractivity (Wildman–Crippen MR) is 129 cm³/mol. The highest BCUT2D eigenvalue weighted by Gasteiger charge is 2.31. The second-order valence-electron chi connectivity index (χ2n) is 10.0. The van der Waals surface area contributed by atoms with Crippen molar-refractivity contribution in [1.82, 2.24) is 9.21 Å². The van der Waals surface area contributed by atoms with Gasteiger partial charge in [-0.05, 0) is 68.2 Å². The largest absolute Gasteiger partial charge is 0.341 e. The Labute approximate surface area is 198 Å². The maximum Gasteiger partial charge on any atom is 0.243 e. The van der Waals surface area contributed by atoms with Crippen molar-refractivity contribution in [2.24, 2.45) is 5.92 Å². The first kappa shape index (κ1) is 24.2. The van der Waals surface area contributed by atoms with E-state index in [2.05, 4.69) is 6.92 Å². The number of amides is 2. The number of piperidine rings is 1. The molecule has 182 valence electrons. The molecule has 1 saturated heterocycles. The lowest BCUT2D eigenvalue weighted by Gasteiger charge is -2.33. The number of likely N-dealkylation sites (N-methyl/N-ethyl adjacent to an activating group) is 1. The highest BCUT2D eigenvalue weighted by molar-refractivity contribution is 7.89. The van der Waals surface area contributed by atoms with Gasteiger partial charge in [0.15, 0.2) is 0 Å². The first-order chi connectivity index (χ1) is 15.8. The summed E-state index contributed by atoms with van der Waals surface area (Å²) in [6.07, 6.45) is 8.93. The molecule has 2 heterocycles. The third-order valence-corrected chi connectivity index (χ3v) is 9.56. The standard InChI is InChI=1S/C25H37N3O4S/c1-19-13-15-27(16-14-19)33(31,32)22-11-12-23-20(17-22)7-6-10-24(29)28(23)18-25(30)26(2)21-8-4-3-5-9-21/h11-12,17,19,21H,3-10,13-16,18H2,1-2H3. The van der Waals surface area contributed by atoms with E-state index in [0.29, 0.717) is 44.0 Å². The van der Waals surface area contributed by atoms with Gasteiger partial charge in [0.05, 0.1) is 4.90 Å². The quantitative estimate of drug-likeness (QED) is 0.652. The molecule has 0 aromatic heterocycles. The minimum absolute atomic E-state index is 0.00887. The van der Waals surface area contributed by atoms with Crippen molar-refractivity contribution in [3.63, 3.8) is 0 Å². The summed E-state index contributed by atoms with van der Waals surface area (Å²) in [4.78, 5) is 29.6. The number of rotatable bonds is 5. The van der Waals surface area contributed by atoms with E-state index in [1.54, 1.807) is 27.4 Å². The molecule has 0 spiro atoms. The summed E-state index contributed by atoms with van der Waals surface area (Å²) in [6, 6.07) is 5.30. The fourth-order valence-corrected chi connectivity index (χ4v) is 6.87. The zero-order valence-electron chi connectivity index (χ0n) is 20.0. The molecule has 1 aromatic rings. The molecule has 3 aliphatic rings. The molecule has 8 heteroatoms. The molecule has 7 nitrogen and oxygen atoms in total. The Hall–Kier alpha value is -1.93. The van der Waals surface area contributed by atoms with Gasteiger partial charge in [-0.3, -0.25) is 9.59 Å². The average molecular weight is 476 g/mol. The minimum Gasteiger partial charge on any atom is -0.341 e. The number of aryl methyl sites for hydroxylation is 1. The summed E-state index contributed by atoms with van der Waals surface area (Å²) >= 11 is 0. The van der Waals surface area contributed by atoms with Gasteiger partial charge in [0.1, 0.15) is 6.54 Å². The molecule has 2 fully saturated rings. The normalized spacial score (nSPS) is 21.5. The summed E-state index contributed by atoms with van der Waals surface area (Å²) in [7, 11) is -1.71. The Morgan fingerprint density at radius 1 is 1.03 bits per heavy atom. The highest BCUT2D eigenvalue weighted by Crippen LogP contribution is 2.32. The van der Waals surface area contributed by atoms with Crippen molar-refractivity contribution in [2.45, 2.75) is 82.1 Å². The average Bonchev–Trinajstić information content (AvgIpc) is 2.97. The van der Waals surface area contributed by atoms with E-state index in [0.717, 1.165) is 44.1 Å². The van der Waals surface area contributed by atoms with Gasteiger partial charge >= 0.3 is 0 Å². The Bertz CT molecular complexity index is 979. The van der Waals surface area contributed by atoms with Gasteiger partial charge in [0, 0.05) is 38.3 Å². The molecular weight excluding hydrogens is 438 g/mol. The van der Waals surface area contributed by atoms with E-state index in [1.807, 2.05) is 11.9 Å². The van der Waals surface area contributed by atoms with Crippen LogP contribution in [0.15, 0.2) is 23.1 Å². The van der Waals surface area contributed by atoms with Gasteiger partial charge in [-0.2, -0.15) is 4.31 Å². The first-order valence-corrected chi connectivity index (χ1v) is 13.9. The fourth-order valence-electron chi connectivity index (χ4n) is 5.35. The molecule has 0 bridgehead atoms. The number of carbonyl (C=O) groups excluding carboxylic acids is 2. The minimum atomic E-state index is -3.56. The lowest BCUT2D eigenvalue weighted by molar-refractivity contribution is -0.132. The van der Waals surface area contributed by atoms with Crippen molar-refractivity contribution in [2.75, 3.05) is 31.6 Å². The maximum atomic E-state index is 13.2. The van der Waals surface area contributed by atoms with Crippen LogP contribution in [-0.4, -0.2) is 62.2 Å². The lowest BCUT2D eigenvalue weighted by Crippen LogP contribution is -2.45. The third kappa shape index (κ3) is 5.27. The zero-order chi connectivity index (χ0) is 23.6. The first-order valence-electron chi connectivity index (χ1n) is 12.5. The molecule has 0 unspecified atom stereocenters. The predicted octanol–water partition coefficient (Wildman–Crippen LogP) is 3.57. The van der Waals surface area contributed by atoms with Crippen LogP contribution in [0, 0.1) is 5.92 Å². The molecule has 2 amide bonds. The molecule has 4 rings (SSSR count). The SMILES string of the molecule is CC1CCN(S(=O)(=O)c2ccc3c(c2)CCCC(=O)N3CC(=O)N(C)C2CCCCC2)CC1. The number of hydrogen-bond donors (Lipinski definition) is 0. The van der Waals surface area contributed by atoms with Crippen LogP contribution in [0.3, 0.4) is 0 Å². The molecule has 1 aromatic carbocycles. The number of nitrogens with zero attached hydrogens (tertiary/aromatic N) is 3. The van der Waals surface area contributed by atoms with Crippen LogP contribution in [0.25, 0.3) is 0 Å². The van der Waals surface area contributed by atoms with Crippen molar-refractivity contribution in [3.8, 4) is 0 Å². The number of fused-ring (bicyclic) bond motifs is 1. The summed E-state index contributed by atoms with van der Waals surface area (Å²) in [5, 5.41) is 0. The van der Waals surface area contributed by atoms with E-state index in [9.17, 15) is 18.0 Å². The van der Waals surface area contributed by atoms with Gasteiger partial charge in [0.25, 0.3) is 0 Å². The number of benzene rings is 1. The Balaban J connectivity index is 1.55. The molecule has 0 atom stereocenters. The van der Waals surface area contributed by atoms with Gasteiger partial charge < -0.3 is 9.80 Å². The topological polar surface area (TPSA) is 78.0 Å². The van der Waals surface area contributed by atoms with Crippen LogP contribution >= 0.6 is 0 Å². The van der Waals surface area contributed by atoms with Crippen LogP contribution in [0.1, 0.15) is 70.3 Å². The van der Waals surface area contributed by atoms with Crippen LogP contribution in [-0.2, 0) is 26.0 Å². The molecule has 0 N–H and O–H groups in total. The maximum absolute atomic E-state index is 13.2. The second kappa shape index (κ2) is 10.1. The van der Waals surface area contributed by atoms with Gasteiger partial charge in [-0.1, -0.05) is 26.2 Å². The van der Waals surface area contributed by atoms with Crippen LogP contribution < -0.4 is 4.90 Å². The third-order valence-electron chi connectivity index (χ3n) is 7.67. The molecule has 33 heavy (non-hydrogen) atoms. The molecule has 1 aliphatic carbocycles. The number of sulfonamides is 1. The second-order valence-corrected chi connectivity index (χ2v) is 11.9. The number of anilines is 1. The lowest BCUT2D eigenvalue weighted by atomic mass is 9.94. The summed E-state index contributed by atoms with van der Waals surface area (Å²) < 4.78 is 28.1. The van der Waals surface area contributed by atoms with Crippen molar-refractivity contribution in [1.29, 1.82) is 0 Å². The van der Waals surface area contributed by atoms with E-state index < -0.39 is 10.0 Å². The Morgan fingerprint density at radius 2 is 1.73 bits per heavy atom. The summed E-state index contributed by atoms with van der Waals surface area (Å²) in [5.41, 5.74) is 1.51. The van der Waals surface area contributed by atoms with E-state index in [1.165, 1.54) is 6.42 Å². The number of hydrogen-bond acceptors (Lipinski definition) is 4. The molecular formula is C25H37N3O4S. The Kier molecular flexibility index (Phi) is 7.43. The van der Waals surface area contributed by atoms with Crippen LogP contribution in [0.5, 0.6) is 0 Å². The van der Waals surface area contributed by atoms with Gasteiger partial charge in [0.2, 0.25) is 21.8 Å². The van der Waals surface area contributed by atoms with Crippen molar-refractivity contribution in [3.05, 3.63) is 23.8 Å². The van der Waals surface area contributed by atoms with Crippen molar-refractivity contribution >= 4 is 27.5 Å². The summed E-state index contributed by atoms with van der Waals surface area (Å²) in [6.45, 7) is 3.26. The molecule has 2 aliphatic heterocycles. The van der Waals surface area contributed by atoms with Gasteiger partial charge in [-0.25, -0.2) is 8.42 Å². The van der Waals surface area contributed by atoms with Crippen LogP contribution in [0.2, 0.25) is 0 Å². The van der Waals surface area contributed by atoms with Gasteiger partial charge in [-0.15, -0.1) is 0 Å². The highest BCUT2D eigenvalue weighted by atomic mass is 32.2. The van der Waals surface area contributed by atoms with Crippen LogP contribution in [0.4, 0.5) is 5.69 Å². The number of carbonyl (C=O) groups is 2. The van der Waals surface area contributed by atoms with E-state index in [4.69, 9.17) is 0 Å². The van der Waals surface area contributed by atoms with E-state index in [-0.39, 0.29) is 29.3 Å². The molecule has 1 saturated carbocycles. The molecule has 0 radical (unpaired) electrons. The monoisotopic (exact) mass is 475 g/mol. The fraction of sp³-hybridized carbons (Fsp3) is 0.680. The smallest absolute Gasteiger partial charge is 0.243 e. The van der Waals surface area contributed by atoms with Crippen molar-refractivity contribution < 1.29 is 18.0 Å². The summed E-state index contributed by atoms with van der Waals surface area (Å²) in [5.74, 6) is 0.425.